The molecule has 3 N–H and O–H groups in total. The van der Waals surface area contributed by atoms with Crippen LogP contribution in [0, 0.1) is 0 Å². The fourth-order valence-electron chi connectivity index (χ4n) is 2.11. The van der Waals surface area contributed by atoms with Gasteiger partial charge in [-0.05, 0) is 37.1 Å². The molecule has 0 radical (unpaired) electrons. The molecule has 7 heteroatoms. The standard InChI is InChI=1S/C13H16N4O2S/c14-20(18,19)13-5-1-10(2-6-13)16-8-12-7-15-9-17(12)11-3-4-11/h1-2,5-7,9,11,16H,3-4,8H2,(H2,14,18,19). The van der Waals surface area contributed by atoms with Crippen molar-refractivity contribution >= 4 is 15.7 Å². The molecule has 0 saturated heterocycles. The van der Waals surface area contributed by atoms with Crippen LogP contribution in [-0.2, 0) is 16.6 Å². The molecule has 0 bridgehead atoms. The summed E-state index contributed by atoms with van der Waals surface area (Å²) in [5.41, 5.74) is 1.98. The molecule has 0 spiro atoms. The largest absolute Gasteiger partial charge is 0.379 e. The van der Waals surface area contributed by atoms with Crippen molar-refractivity contribution < 1.29 is 8.42 Å². The Balaban J connectivity index is 1.67. The number of hydrogen-bond acceptors (Lipinski definition) is 4. The monoisotopic (exact) mass is 292 g/mol. The maximum absolute atomic E-state index is 11.2. The van der Waals surface area contributed by atoms with Crippen molar-refractivity contribution in [3.8, 4) is 0 Å². The van der Waals surface area contributed by atoms with Crippen molar-refractivity contribution in [2.45, 2.75) is 30.3 Å². The van der Waals surface area contributed by atoms with E-state index in [4.69, 9.17) is 5.14 Å². The predicted octanol–water partition coefficient (Wildman–Crippen LogP) is 1.48. The van der Waals surface area contributed by atoms with Gasteiger partial charge in [-0.15, -0.1) is 0 Å². The third kappa shape index (κ3) is 2.83. The summed E-state index contributed by atoms with van der Waals surface area (Å²) >= 11 is 0. The molecular formula is C13H16N4O2S. The van der Waals surface area contributed by atoms with Crippen molar-refractivity contribution in [2.75, 3.05) is 5.32 Å². The lowest BCUT2D eigenvalue weighted by molar-refractivity contribution is 0.598. The maximum atomic E-state index is 11.2. The van der Waals surface area contributed by atoms with Crippen molar-refractivity contribution in [1.82, 2.24) is 9.55 Å². The highest BCUT2D eigenvalue weighted by atomic mass is 32.2. The van der Waals surface area contributed by atoms with Crippen LogP contribution in [0.15, 0.2) is 41.7 Å². The van der Waals surface area contributed by atoms with Gasteiger partial charge in [0.15, 0.2) is 0 Å². The summed E-state index contributed by atoms with van der Waals surface area (Å²) in [6, 6.07) is 7.00. The normalized spacial score (nSPS) is 15.2. The van der Waals surface area contributed by atoms with Crippen molar-refractivity contribution in [1.29, 1.82) is 0 Å². The molecule has 0 atom stereocenters. The second-order valence-electron chi connectivity index (χ2n) is 4.95. The summed E-state index contributed by atoms with van der Waals surface area (Å²) in [7, 11) is -3.63. The van der Waals surface area contributed by atoms with Gasteiger partial charge in [-0.1, -0.05) is 0 Å². The van der Waals surface area contributed by atoms with Crippen LogP contribution in [-0.4, -0.2) is 18.0 Å². The Kier molecular flexibility index (Phi) is 3.23. The molecule has 1 heterocycles. The molecule has 106 valence electrons. The summed E-state index contributed by atoms with van der Waals surface area (Å²) in [5, 5.41) is 8.31. The number of aromatic nitrogens is 2. The first-order valence-corrected chi connectivity index (χ1v) is 7.96. The summed E-state index contributed by atoms with van der Waals surface area (Å²) < 4.78 is 24.5. The third-order valence-corrected chi connectivity index (χ3v) is 4.27. The van der Waals surface area contributed by atoms with E-state index in [1.165, 1.54) is 25.0 Å². The summed E-state index contributed by atoms with van der Waals surface area (Å²) in [6.07, 6.45) is 6.14. The lowest BCUT2D eigenvalue weighted by Crippen LogP contribution is -2.12. The molecule has 1 fully saturated rings. The first kappa shape index (κ1) is 13.1. The van der Waals surface area contributed by atoms with Crippen LogP contribution >= 0.6 is 0 Å². The van der Waals surface area contributed by atoms with E-state index < -0.39 is 10.0 Å². The zero-order valence-electron chi connectivity index (χ0n) is 10.9. The second kappa shape index (κ2) is 4.92. The summed E-state index contributed by atoms with van der Waals surface area (Å²) in [6.45, 7) is 0.658. The fourth-order valence-corrected chi connectivity index (χ4v) is 2.62. The zero-order chi connectivity index (χ0) is 14.2. The second-order valence-corrected chi connectivity index (χ2v) is 6.51. The van der Waals surface area contributed by atoms with Crippen LogP contribution in [0.5, 0.6) is 0 Å². The van der Waals surface area contributed by atoms with Crippen LogP contribution < -0.4 is 10.5 Å². The van der Waals surface area contributed by atoms with E-state index in [0.717, 1.165) is 11.4 Å². The quantitative estimate of drug-likeness (QED) is 0.873. The van der Waals surface area contributed by atoms with Gasteiger partial charge in [0.25, 0.3) is 0 Å². The Hall–Kier alpha value is -1.86. The van der Waals surface area contributed by atoms with E-state index in [9.17, 15) is 8.42 Å². The molecule has 0 aliphatic heterocycles. The van der Waals surface area contributed by atoms with Gasteiger partial charge in [0.05, 0.1) is 23.5 Å². The highest BCUT2D eigenvalue weighted by Crippen LogP contribution is 2.35. The molecule has 1 aromatic heterocycles. The molecule has 6 nitrogen and oxygen atoms in total. The number of nitrogens with zero attached hydrogens (tertiary/aromatic N) is 2. The van der Waals surface area contributed by atoms with Gasteiger partial charge in [-0.3, -0.25) is 0 Å². The molecule has 20 heavy (non-hydrogen) atoms. The molecule has 1 aliphatic carbocycles. The van der Waals surface area contributed by atoms with Gasteiger partial charge in [0.2, 0.25) is 10.0 Å². The van der Waals surface area contributed by atoms with E-state index in [1.54, 1.807) is 12.1 Å². The SMILES string of the molecule is NS(=O)(=O)c1ccc(NCc2cncn2C2CC2)cc1. The summed E-state index contributed by atoms with van der Waals surface area (Å²) in [4.78, 5) is 4.29. The minimum absolute atomic E-state index is 0.117. The Labute approximate surface area is 117 Å². The number of benzene rings is 1. The number of primary sulfonamides is 1. The van der Waals surface area contributed by atoms with Gasteiger partial charge in [-0.25, -0.2) is 18.5 Å². The first-order valence-electron chi connectivity index (χ1n) is 6.41. The Morgan fingerprint density at radius 1 is 1.30 bits per heavy atom. The Morgan fingerprint density at radius 2 is 2.00 bits per heavy atom. The van der Waals surface area contributed by atoms with Gasteiger partial charge in [0, 0.05) is 17.9 Å². The molecule has 1 aromatic carbocycles. The van der Waals surface area contributed by atoms with Crippen LogP contribution in [0.25, 0.3) is 0 Å². The number of sulfonamides is 1. The number of nitrogens with one attached hydrogen (secondary N) is 1. The lowest BCUT2D eigenvalue weighted by atomic mass is 10.3. The molecule has 1 aliphatic rings. The zero-order valence-corrected chi connectivity index (χ0v) is 11.7. The molecule has 2 aromatic rings. The van der Waals surface area contributed by atoms with Gasteiger partial charge >= 0.3 is 0 Å². The van der Waals surface area contributed by atoms with E-state index in [1.807, 2.05) is 12.5 Å². The molecule has 1 saturated carbocycles. The highest BCUT2D eigenvalue weighted by molar-refractivity contribution is 7.89. The molecule has 3 rings (SSSR count). The number of hydrogen-bond donors (Lipinski definition) is 2. The van der Waals surface area contributed by atoms with Crippen molar-refractivity contribution in [3.05, 3.63) is 42.5 Å². The Bertz CT molecular complexity index is 702. The third-order valence-electron chi connectivity index (χ3n) is 3.34. The minimum Gasteiger partial charge on any atom is -0.379 e. The maximum Gasteiger partial charge on any atom is 0.238 e. The number of rotatable bonds is 5. The number of anilines is 1. The fraction of sp³-hybridized carbons (Fsp3) is 0.308. The molecule has 0 unspecified atom stereocenters. The van der Waals surface area contributed by atoms with Crippen LogP contribution in [0.1, 0.15) is 24.6 Å². The first-order chi connectivity index (χ1) is 9.54. The average molecular weight is 292 g/mol. The topological polar surface area (TPSA) is 90.0 Å². The van der Waals surface area contributed by atoms with Crippen molar-refractivity contribution in [2.24, 2.45) is 5.14 Å². The van der Waals surface area contributed by atoms with Gasteiger partial charge < -0.3 is 9.88 Å². The van der Waals surface area contributed by atoms with E-state index in [0.29, 0.717) is 12.6 Å². The van der Waals surface area contributed by atoms with E-state index >= 15 is 0 Å². The molecular weight excluding hydrogens is 276 g/mol. The van der Waals surface area contributed by atoms with Gasteiger partial charge in [0.1, 0.15) is 0 Å². The van der Waals surface area contributed by atoms with E-state index in [-0.39, 0.29) is 4.90 Å². The highest BCUT2D eigenvalue weighted by Gasteiger charge is 2.24. The molecule has 0 amide bonds. The van der Waals surface area contributed by atoms with Crippen LogP contribution in [0.4, 0.5) is 5.69 Å². The predicted molar refractivity (Wildman–Crippen MR) is 75.6 cm³/mol. The van der Waals surface area contributed by atoms with Crippen molar-refractivity contribution in [3.63, 3.8) is 0 Å². The number of imidazole rings is 1. The minimum atomic E-state index is -3.63. The Morgan fingerprint density at radius 3 is 2.60 bits per heavy atom. The lowest BCUT2D eigenvalue weighted by Gasteiger charge is -2.09. The number of nitrogens with two attached hydrogens (primary N) is 1. The van der Waals surface area contributed by atoms with Crippen LogP contribution in [0.2, 0.25) is 0 Å². The smallest absolute Gasteiger partial charge is 0.238 e. The average Bonchev–Trinajstić information content (AvgIpc) is 3.15. The van der Waals surface area contributed by atoms with Gasteiger partial charge in [-0.2, -0.15) is 0 Å². The van der Waals surface area contributed by atoms with Crippen LogP contribution in [0.3, 0.4) is 0 Å². The summed E-state index contributed by atoms with van der Waals surface area (Å²) in [5.74, 6) is 0. The van der Waals surface area contributed by atoms with E-state index in [2.05, 4.69) is 14.9 Å².